The van der Waals surface area contributed by atoms with Crippen LogP contribution in [0.25, 0.3) is 0 Å². The lowest BCUT2D eigenvalue weighted by Crippen LogP contribution is -2.18. The molecule has 4 rings (SSSR count). The summed E-state index contributed by atoms with van der Waals surface area (Å²) in [6, 6.07) is 16.0. The Morgan fingerprint density at radius 1 is 1.03 bits per heavy atom. The maximum Gasteiger partial charge on any atom is 0.335 e. The number of nitro groups is 1. The summed E-state index contributed by atoms with van der Waals surface area (Å²) in [5.74, 6) is -1.24. The average molecular weight is 491 g/mol. The minimum absolute atomic E-state index is 0.0166. The van der Waals surface area contributed by atoms with E-state index in [-0.39, 0.29) is 46.0 Å². The molecule has 0 atom stereocenters. The number of nitro benzene ring substituents is 1. The van der Waals surface area contributed by atoms with Crippen molar-refractivity contribution in [2.24, 2.45) is 5.92 Å². The molecule has 0 unspecified atom stereocenters. The van der Waals surface area contributed by atoms with Crippen LogP contribution in [0.4, 0.5) is 11.4 Å². The molecule has 0 radical (unpaired) electrons. The van der Waals surface area contributed by atoms with Gasteiger partial charge < -0.3 is 19.9 Å². The van der Waals surface area contributed by atoms with E-state index in [4.69, 9.17) is 9.47 Å². The number of carboxylic acid groups (broad SMARTS) is 1. The van der Waals surface area contributed by atoms with Gasteiger partial charge in [-0.05, 0) is 41.3 Å². The van der Waals surface area contributed by atoms with Crippen molar-refractivity contribution in [2.75, 3.05) is 11.9 Å². The van der Waals surface area contributed by atoms with Gasteiger partial charge in [0.25, 0.3) is 5.91 Å². The summed E-state index contributed by atoms with van der Waals surface area (Å²) in [5.41, 5.74) is 2.51. The quantitative estimate of drug-likeness (QED) is 0.314. The van der Waals surface area contributed by atoms with E-state index >= 15 is 0 Å². The monoisotopic (exact) mass is 490 g/mol. The highest BCUT2D eigenvalue weighted by Crippen LogP contribution is 2.33. The van der Waals surface area contributed by atoms with E-state index in [2.05, 4.69) is 5.32 Å². The Kier molecular flexibility index (Phi) is 7.19. The zero-order valence-corrected chi connectivity index (χ0v) is 19.9. The number of rotatable bonds is 9. The van der Waals surface area contributed by atoms with E-state index in [0.717, 1.165) is 11.1 Å². The standard InChI is InChI=1S/C27H26N2O7/c1-16(2)15-35-24-14-20(27(31)32)7-9-22(24)28-26(30)19-8-10-23(29(33)34)25(13-19)36-21-11-17-5-3-4-6-18(17)12-21/h3-10,13-14,16,21H,11-12,15H2,1-2H3,(H,28,30)(H,31,32). The molecule has 1 aliphatic rings. The second-order valence-corrected chi connectivity index (χ2v) is 9.03. The molecular formula is C27H26N2O7. The molecular weight excluding hydrogens is 464 g/mol. The highest BCUT2D eigenvalue weighted by Gasteiger charge is 2.27. The second-order valence-electron chi connectivity index (χ2n) is 9.03. The van der Waals surface area contributed by atoms with Gasteiger partial charge in [0.05, 0.1) is 22.8 Å². The Balaban J connectivity index is 1.57. The second kappa shape index (κ2) is 10.5. The number of nitrogens with zero attached hydrogens (tertiary/aromatic N) is 1. The lowest BCUT2D eigenvalue weighted by Gasteiger charge is -2.16. The number of carbonyl (C=O) groups is 2. The number of amides is 1. The molecule has 2 N–H and O–H groups in total. The van der Waals surface area contributed by atoms with Crippen LogP contribution in [0, 0.1) is 16.0 Å². The van der Waals surface area contributed by atoms with Crippen molar-refractivity contribution >= 4 is 23.3 Å². The summed E-state index contributed by atoms with van der Waals surface area (Å²) in [7, 11) is 0. The number of anilines is 1. The number of benzene rings is 3. The van der Waals surface area contributed by atoms with Crippen LogP contribution in [0.15, 0.2) is 60.7 Å². The molecule has 3 aromatic rings. The van der Waals surface area contributed by atoms with Crippen molar-refractivity contribution in [2.45, 2.75) is 32.8 Å². The maximum absolute atomic E-state index is 13.1. The lowest BCUT2D eigenvalue weighted by molar-refractivity contribution is -0.386. The summed E-state index contributed by atoms with van der Waals surface area (Å²) in [4.78, 5) is 35.5. The van der Waals surface area contributed by atoms with Gasteiger partial charge in [0.2, 0.25) is 0 Å². The summed E-state index contributed by atoms with van der Waals surface area (Å²) in [5, 5.41) is 23.6. The molecule has 3 aromatic carbocycles. The van der Waals surface area contributed by atoms with Gasteiger partial charge in [-0.1, -0.05) is 38.1 Å². The molecule has 1 aliphatic carbocycles. The van der Waals surface area contributed by atoms with E-state index in [1.807, 2.05) is 38.1 Å². The van der Waals surface area contributed by atoms with E-state index in [9.17, 15) is 24.8 Å². The smallest absolute Gasteiger partial charge is 0.335 e. The molecule has 0 aromatic heterocycles. The Morgan fingerprint density at radius 3 is 2.28 bits per heavy atom. The predicted octanol–water partition coefficient (Wildman–Crippen LogP) is 5.13. The molecule has 0 fully saturated rings. The third-order valence-corrected chi connectivity index (χ3v) is 5.77. The number of hydrogen-bond donors (Lipinski definition) is 2. The summed E-state index contributed by atoms with van der Waals surface area (Å²) in [6.45, 7) is 4.21. The normalized spacial score (nSPS) is 12.8. The van der Waals surface area contributed by atoms with Gasteiger partial charge in [0.15, 0.2) is 5.75 Å². The van der Waals surface area contributed by atoms with Gasteiger partial charge in [0, 0.05) is 30.5 Å². The van der Waals surface area contributed by atoms with Crippen molar-refractivity contribution in [3.8, 4) is 11.5 Å². The van der Waals surface area contributed by atoms with Crippen LogP contribution in [0.2, 0.25) is 0 Å². The van der Waals surface area contributed by atoms with Gasteiger partial charge in [-0.15, -0.1) is 0 Å². The predicted molar refractivity (Wildman–Crippen MR) is 133 cm³/mol. The third kappa shape index (κ3) is 5.63. The fourth-order valence-electron chi connectivity index (χ4n) is 4.01. The number of nitrogens with one attached hydrogen (secondary N) is 1. The van der Waals surface area contributed by atoms with Gasteiger partial charge >= 0.3 is 11.7 Å². The zero-order valence-electron chi connectivity index (χ0n) is 19.9. The average Bonchev–Trinajstić information content (AvgIpc) is 3.25. The molecule has 0 saturated heterocycles. The van der Waals surface area contributed by atoms with Crippen LogP contribution >= 0.6 is 0 Å². The van der Waals surface area contributed by atoms with Crippen molar-refractivity contribution < 1.29 is 29.1 Å². The first-order chi connectivity index (χ1) is 17.2. The summed E-state index contributed by atoms with van der Waals surface area (Å²) >= 11 is 0. The van der Waals surface area contributed by atoms with Crippen molar-refractivity contribution in [1.82, 2.24) is 0 Å². The Hall–Kier alpha value is -4.40. The molecule has 0 bridgehead atoms. The van der Waals surface area contributed by atoms with Crippen LogP contribution < -0.4 is 14.8 Å². The molecule has 0 saturated carbocycles. The molecule has 0 heterocycles. The Morgan fingerprint density at radius 2 is 1.67 bits per heavy atom. The topological polar surface area (TPSA) is 128 Å². The van der Waals surface area contributed by atoms with E-state index in [1.165, 1.54) is 36.4 Å². The number of ether oxygens (including phenoxy) is 2. The van der Waals surface area contributed by atoms with Crippen molar-refractivity contribution in [3.63, 3.8) is 0 Å². The number of fused-ring (bicyclic) bond motifs is 1. The first-order valence-corrected chi connectivity index (χ1v) is 11.5. The molecule has 9 nitrogen and oxygen atoms in total. The first-order valence-electron chi connectivity index (χ1n) is 11.5. The van der Waals surface area contributed by atoms with Crippen LogP contribution in [0.1, 0.15) is 45.7 Å². The van der Waals surface area contributed by atoms with Crippen molar-refractivity contribution in [1.29, 1.82) is 0 Å². The number of carbonyl (C=O) groups excluding carboxylic acids is 1. The lowest BCUT2D eigenvalue weighted by atomic mass is 10.1. The van der Waals surface area contributed by atoms with E-state index < -0.39 is 16.8 Å². The van der Waals surface area contributed by atoms with Crippen LogP contribution in [0.3, 0.4) is 0 Å². The van der Waals surface area contributed by atoms with Gasteiger partial charge in [0.1, 0.15) is 11.9 Å². The van der Waals surface area contributed by atoms with Gasteiger partial charge in [-0.3, -0.25) is 14.9 Å². The fraction of sp³-hybridized carbons (Fsp3) is 0.259. The summed E-state index contributed by atoms with van der Waals surface area (Å²) in [6.07, 6.45) is 0.964. The third-order valence-electron chi connectivity index (χ3n) is 5.77. The first kappa shape index (κ1) is 24.7. The SMILES string of the molecule is CC(C)COc1cc(C(=O)O)ccc1NC(=O)c1ccc([N+](=O)[O-])c(OC2Cc3ccccc3C2)c1. The van der Waals surface area contributed by atoms with Crippen LogP contribution in [0.5, 0.6) is 11.5 Å². The molecule has 1 amide bonds. The minimum atomic E-state index is -1.12. The minimum Gasteiger partial charge on any atom is -0.491 e. The van der Waals surface area contributed by atoms with Gasteiger partial charge in [-0.25, -0.2) is 4.79 Å². The highest BCUT2D eigenvalue weighted by atomic mass is 16.6. The summed E-state index contributed by atoms with van der Waals surface area (Å²) < 4.78 is 11.7. The van der Waals surface area contributed by atoms with Crippen molar-refractivity contribution in [3.05, 3.63) is 93.0 Å². The Bertz CT molecular complexity index is 1290. The van der Waals surface area contributed by atoms with E-state index in [1.54, 1.807) is 0 Å². The molecule has 186 valence electrons. The fourth-order valence-corrected chi connectivity index (χ4v) is 4.01. The van der Waals surface area contributed by atoms with Gasteiger partial charge in [-0.2, -0.15) is 0 Å². The molecule has 0 spiro atoms. The van der Waals surface area contributed by atoms with Crippen LogP contribution in [-0.4, -0.2) is 34.6 Å². The highest BCUT2D eigenvalue weighted by molar-refractivity contribution is 6.05. The molecule has 36 heavy (non-hydrogen) atoms. The molecule has 9 heteroatoms. The number of aromatic carboxylic acids is 1. The largest absolute Gasteiger partial charge is 0.491 e. The molecule has 0 aliphatic heterocycles. The zero-order chi connectivity index (χ0) is 25.8. The number of carboxylic acids is 1. The number of hydrogen-bond acceptors (Lipinski definition) is 6. The van der Waals surface area contributed by atoms with E-state index in [0.29, 0.717) is 19.4 Å². The maximum atomic E-state index is 13.1. The van der Waals surface area contributed by atoms with Crippen LogP contribution in [-0.2, 0) is 12.8 Å². The Labute approximate surface area is 207 Å².